The Morgan fingerprint density at radius 1 is 1.40 bits per heavy atom. The molecule has 0 spiro atoms. The average molecular weight is 389 g/mol. The lowest BCUT2D eigenvalue weighted by Crippen LogP contribution is -2.29. The van der Waals surface area contributed by atoms with Gasteiger partial charge in [-0.25, -0.2) is 0 Å². The molecule has 1 heterocycles. The first kappa shape index (κ1) is 16.0. The second-order valence-corrected chi connectivity index (χ2v) is 7.40. The molecule has 2 rings (SSSR count). The van der Waals surface area contributed by atoms with Gasteiger partial charge < -0.3 is 10.1 Å². The maximum absolute atomic E-state index is 12.5. The normalized spacial score (nSPS) is 22.9. The van der Waals surface area contributed by atoms with Crippen LogP contribution in [0, 0.1) is 0 Å². The number of halogens is 4. The van der Waals surface area contributed by atoms with Crippen molar-refractivity contribution in [1.29, 1.82) is 0 Å². The molecule has 1 aliphatic heterocycles. The number of anilines is 1. The van der Waals surface area contributed by atoms with Crippen LogP contribution in [0.3, 0.4) is 0 Å². The minimum absolute atomic E-state index is 0.0381. The van der Waals surface area contributed by atoms with Gasteiger partial charge in [-0.1, -0.05) is 11.6 Å². The van der Waals surface area contributed by atoms with Crippen molar-refractivity contribution in [2.75, 3.05) is 16.8 Å². The molecule has 112 valence electrons. The summed E-state index contributed by atoms with van der Waals surface area (Å²) in [7, 11) is -0.769. The van der Waals surface area contributed by atoms with Crippen molar-refractivity contribution in [2.24, 2.45) is 0 Å². The fourth-order valence-electron chi connectivity index (χ4n) is 2.03. The van der Waals surface area contributed by atoms with Gasteiger partial charge in [0, 0.05) is 33.4 Å². The van der Waals surface area contributed by atoms with Crippen LogP contribution in [0.2, 0.25) is 5.02 Å². The van der Waals surface area contributed by atoms with Crippen LogP contribution in [0.1, 0.15) is 12.8 Å². The molecule has 0 unspecified atom stereocenters. The fourth-order valence-corrected chi connectivity index (χ4v) is 4.24. The van der Waals surface area contributed by atoms with Gasteiger partial charge in [-0.2, -0.15) is 8.78 Å². The molecule has 1 N–H and O–H groups in total. The lowest BCUT2D eigenvalue weighted by Gasteiger charge is -2.25. The van der Waals surface area contributed by atoms with E-state index in [9.17, 15) is 13.0 Å². The average Bonchev–Trinajstić information content (AvgIpc) is 2.36. The first-order chi connectivity index (χ1) is 9.45. The van der Waals surface area contributed by atoms with Crippen molar-refractivity contribution in [3.05, 3.63) is 21.6 Å². The molecular formula is C12H13BrClF2NO2S. The van der Waals surface area contributed by atoms with E-state index < -0.39 is 17.4 Å². The van der Waals surface area contributed by atoms with Crippen LogP contribution < -0.4 is 10.1 Å². The summed E-state index contributed by atoms with van der Waals surface area (Å²) in [5.41, 5.74) is 0.419. The Bertz CT molecular complexity index is 508. The van der Waals surface area contributed by atoms with E-state index in [0.29, 0.717) is 26.7 Å². The van der Waals surface area contributed by atoms with E-state index in [4.69, 9.17) is 11.6 Å². The molecule has 0 bridgehead atoms. The van der Waals surface area contributed by atoms with Crippen LogP contribution in [0.15, 0.2) is 16.6 Å². The molecule has 1 aromatic carbocycles. The number of hydrogen-bond acceptors (Lipinski definition) is 3. The lowest BCUT2D eigenvalue weighted by molar-refractivity contribution is -0.0498. The number of nitrogens with one attached hydrogen (secondary N) is 1. The zero-order chi connectivity index (χ0) is 14.7. The topological polar surface area (TPSA) is 38.3 Å². The summed E-state index contributed by atoms with van der Waals surface area (Å²) < 4.78 is 41.1. The zero-order valence-electron chi connectivity index (χ0n) is 10.4. The van der Waals surface area contributed by atoms with E-state index in [2.05, 4.69) is 26.0 Å². The largest absolute Gasteiger partial charge is 0.431 e. The Morgan fingerprint density at radius 2 is 2.05 bits per heavy atom. The first-order valence-electron chi connectivity index (χ1n) is 6.01. The van der Waals surface area contributed by atoms with Crippen molar-refractivity contribution in [3.63, 3.8) is 0 Å². The Balaban J connectivity index is 2.18. The van der Waals surface area contributed by atoms with Crippen LogP contribution in [0.4, 0.5) is 14.5 Å². The number of ether oxygens (including phenoxy) is 1. The van der Waals surface area contributed by atoms with E-state index in [1.54, 1.807) is 6.07 Å². The van der Waals surface area contributed by atoms with E-state index in [0.717, 1.165) is 12.8 Å². The van der Waals surface area contributed by atoms with Crippen molar-refractivity contribution >= 4 is 44.0 Å². The van der Waals surface area contributed by atoms with Crippen LogP contribution in [0.25, 0.3) is 0 Å². The third kappa shape index (κ3) is 4.30. The van der Waals surface area contributed by atoms with Gasteiger partial charge in [-0.15, -0.1) is 0 Å². The van der Waals surface area contributed by atoms with Crippen LogP contribution in [0.5, 0.6) is 5.75 Å². The summed E-state index contributed by atoms with van der Waals surface area (Å²) in [5, 5.41) is 3.57. The van der Waals surface area contributed by atoms with E-state index >= 15 is 0 Å². The highest BCUT2D eigenvalue weighted by atomic mass is 79.9. The number of benzene rings is 1. The van der Waals surface area contributed by atoms with Gasteiger partial charge >= 0.3 is 6.61 Å². The minimum atomic E-state index is -2.91. The van der Waals surface area contributed by atoms with Crippen molar-refractivity contribution in [1.82, 2.24) is 0 Å². The Labute approximate surface area is 131 Å². The summed E-state index contributed by atoms with van der Waals surface area (Å²) in [6, 6.07) is 3.13. The van der Waals surface area contributed by atoms with Gasteiger partial charge in [0.2, 0.25) is 0 Å². The highest BCUT2D eigenvalue weighted by Crippen LogP contribution is 2.38. The van der Waals surface area contributed by atoms with Crippen LogP contribution in [-0.4, -0.2) is 28.4 Å². The summed E-state index contributed by atoms with van der Waals surface area (Å²) >= 11 is 9.11. The van der Waals surface area contributed by atoms with Crippen LogP contribution >= 0.6 is 27.5 Å². The van der Waals surface area contributed by atoms with Crippen molar-refractivity contribution in [3.8, 4) is 5.75 Å². The van der Waals surface area contributed by atoms with Gasteiger partial charge in [0.05, 0.1) is 10.2 Å². The fraction of sp³-hybridized carbons (Fsp3) is 0.500. The minimum Gasteiger partial charge on any atom is -0.431 e. The van der Waals surface area contributed by atoms with Crippen molar-refractivity contribution < 1.29 is 17.7 Å². The summed E-state index contributed by atoms with van der Waals surface area (Å²) in [6.07, 6.45) is 1.45. The molecule has 0 aromatic heterocycles. The first-order valence-corrected chi connectivity index (χ1v) is 8.67. The smallest absolute Gasteiger partial charge is 0.387 e. The highest BCUT2D eigenvalue weighted by Gasteiger charge is 2.21. The van der Waals surface area contributed by atoms with Crippen molar-refractivity contribution in [2.45, 2.75) is 25.5 Å². The van der Waals surface area contributed by atoms with Gasteiger partial charge in [0.1, 0.15) is 0 Å². The quantitative estimate of drug-likeness (QED) is 0.846. The molecule has 3 nitrogen and oxygen atoms in total. The Morgan fingerprint density at radius 3 is 2.65 bits per heavy atom. The third-order valence-corrected chi connectivity index (χ3v) is 5.15. The maximum atomic E-state index is 12.5. The van der Waals surface area contributed by atoms with Gasteiger partial charge in [0.15, 0.2) is 5.75 Å². The molecule has 0 aliphatic carbocycles. The molecule has 0 radical (unpaired) electrons. The Hall–Kier alpha value is -0.400. The molecule has 1 aromatic rings. The monoisotopic (exact) mass is 387 g/mol. The second-order valence-electron chi connectivity index (χ2n) is 4.41. The molecule has 1 aliphatic rings. The molecule has 20 heavy (non-hydrogen) atoms. The molecule has 0 saturated carbocycles. The molecular weight excluding hydrogens is 376 g/mol. The molecule has 8 heteroatoms. The zero-order valence-corrected chi connectivity index (χ0v) is 13.5. The van der Waals surface area contributed by atoms with Crippen LogP contribution in [-0.2, 0) is 10.8 Å². The number of rotatable bonds is 4. The SMILES string of the molecule is O=S1CCC(Nc2cc(Cl)cc(Br)c2OC(F)F)CC1. The number of alkyl halides is 2. The predicted molar refractivity (Wildman–Crippen MR) is 80.3 cm³/mol. The second kappa shape index (κ2) is 7.04. The number of hydrogen-bond donors (Lipinski definition) is 1. The summed E-state index contributed by atoms with van der Waals surface area (Å²) in [5.74, 6) is 1.27. The summed E-state index contributed by atoms with van der Waals surface area (Å²) in [6.45, 7) is -2.91. The Kier molecular flexibility index (Phi) is 5.63. The maximum Gasteiger partial charge on any atom is 0.387 e. The third-order valence-electron chi connectivity index (χ3n) is 2.96. The highest BCUT2D eigenvalue weighted by molar-refractivity contribution is 9.10. The van der Waals surface area contributed by atoms with Gasteiger partial charge in [-0.05, 0) is 40.9 Å². The van der Waals surface area contributed by atoms with E-state index in [1.807, 2.05) is 0 Å². The molecule has 0 amide bonds. The van der Waals surface area contributed by atoms with Gasteiger partial charge in [0.25, 0.3) is 0 Å². The molecule has 1 fully saturated rings. The summed E-state index contributed by atoms with van der Waals surface area (Å²) in [4.78, 5) is 0. The standard InChI is InChI=1S/C12H13BrClF2NO2S/c13-9-5-7(14)6-10(11(9)19-12(15)16)17-8-1-3-20(18)4-2-8/h5-6,8,12,17H,1-4H2. The molecule has 1 saturated heterocycles. The van der Waals surface area contributed by atoms with Gasteiger partial charge in [-0.3, -0.25) is 4.21 Å². The van der Waals surface area contributed by atoms with E-state index in [-0.39, 0.29) is 11.8 Å². The predicted octanol–water partition coefficient (Wildman–Crippen LogP) is 4.03. The van der Waals surface area contributed by atoms with E-state index in [1.165, 1.54) is 6.07 Å². The molecule has 0 atom stereocenters. The lowest BCUT2D eigenvalue weighted by atomic mass is 10.1.